The maximum atomic E-state index is 10.1. The van der Waals surface area contributed by atoms with Gasteiger partial charge in [0, 0.05) is 13.2 Å². The zero-order valence-electron chi connectivity index (χ0n) is 8.01. The second-order valence-corrected chi connectivity index (χ2v) is 2.65. The van der Waals surface area contributed by atoms with Gasteiger partial charge in [-0.3, -0.25) is 10.1 Å². The van der Waals surface area contributed by atoms with Crippen LogP contribution in [0.5, 0.6) is 0 Å². The van der Waals surface area contributed by atoms with Gasteiger partial charge in [0.25, 0.3) is 0 Å². The van der Waals surface area contributed by atoms with E-state index in [1.807, 2.05) is 7.05 Å². The van der Waals surface area contributed by atoms with Crippen LogP contribution >= 0.6 is 0 Å². The summed E-state index contributed by atoms with van der Waals surface area (Å²) in [6, 6.07) is 0. The second kappa shape index (κ2) is 9.44. The van der Waals surface area contributed by atoms with Crippen LogP contribution in [-0.4, -0.2) is 44.6 Å². The summed E-state index contributed by atoms with van der Waals surface area (Å²) in [5.41, 5.74) is 0. The molecule has 0 atom stereocenters. The van der Waals surface area contributed by atoms with Crippen molar-refractivity contribution in [2.24, 2.45) is 0 Å². The Morgan fingerprint density at radius 2 is 2.23 bits per heavy atom. The van der Waals surface area contributed by atoms with Crippen molar-refractivity contribution < 1.29 is 14.6 Å². The van der Waals surface area contributed by atoms with Crippen molar-refractivity contribution >= 4 is 5.97 Å². The zero-order chi connectivity index (χ0) is 9.94. The second-order valence-electron chi connectivity index (χ2n) is 2.65. The molecule has 0 aromatic rings. The minimum Gasteiger partial charge on any atom is -0.481 e. The van der Waals surface area contributed by atoms with Crippen LogP contribution in [0.15, 0.2) is 0 Å². The average molecular weight is 190 g/mol. The Labute approximate surface area is 78.5 Å². The van der Waals surface area contributed by atoms with Crippen molar-refractivity contribution in [1.82, 2.24) is 10.6 Å². The molecule has 78 valence electrons. The molecule has 0 aliphatic rings. The smallest absolute Gasteiger partial charge is 0.304 e. The third-order valence-corrected chi connectivity index (χ3v) is 1.44. The number of ether oxygens (including phenoxy) is 1. The fraction of sp³-hybridized carbons (Fsp3) is 0.875. The molecule has 0 aliphatic carbocycles. The lowest BCUT2D eigenvalue weighted by Gasteiger charge is -2.04. The highest BCUT2D eigenvalue weighted by molar-refractivity contribution is 5.66. The van der Waals surface area contributed by atoms with Gasteiger partial charge < -0.3 is 15.2 Å². The predicted molar refractivity (Wildman–Crippen MR) is 49.6 cm³/mol. The van der Waals surface area contributed by atoms with E-state index in [0.717, 1.165) is 13.0 Å². The van der Waals surface area contributed by atoms with Gasteiger partial charge in [-0.15, -0.1) is 0 Å². The van der Waals surface area contributed by atoms with Gasteiger partial charge in [-0.25, -0.2) is 0 Å². The van der Waals surface area contributed by atoms with Crippen molar-refractivity contribution in [3.63, 3.8) is 0 Å². The number of carboxylic acid groups (broad SMARTS) is 1. The van der Waals surface area contributed by atoms with Gasteiger partial charge in [-0.05, 0) is 20.0 Å². The normalized spacial score (nSPS) is 10.2. The van der Waals surface area contributed by atoms with Gasteiger partial charge in [-0.2, -0.15) is 0 Å². The minimum absolute atomic E-state index is 0.139. The van der Waals surface area contributed by atoms with E-state index in [1.54, 1.807) is 0 Å². The average Bonchev–Trinajstić information content (AvgIpc) is 2.09. The van der Waals surface area contributed by atoms with E-state index in [1.165, 1.54) is 0 Å². The number of nitrogens with one attached hydrogen (secondary N) is 2. The Bertz CT molecular complexity index is 131. The van der Waals surface area contributed by atoms with E-state index in [4.69, 9.17) is 9.84 Å². The van der Waals surface area contributed by atoms with Crippen LogP contribution in [0, 0.1) is 0 Å². The highest BCUT2D eigenvalue weighted by atomic mass is 16.5. The fourth-order valence-electron chi connectivity index (χ4n) is 0.763. The summed E-state index contributed by atoms with van der Waals surface area (Å²) < 4.78 is 5.17. The van der Waals surface area contributed by atoms with Gasteiger partial charge in [0.2, 0.25) is 0 Å². The van der Waals surface area contributed by atoms with Crippen molar-refractivity contribution in [3.05, 3.63) is 0 Å². The molecule has 0 aliphatic heterocycles. The van der Waals surface area contributed by atoms with Crippen LogP contribution < -0.4 is 10.6 Å². The summed E-state index contributed by atoms with van der Waals surface area (Å²) in [7, 11) is 1.89. The maximum Gasteiger partial charge on any atom is 0.304 e. The molecule has 0 aromatic heterocycles. The van der Waals surface area contributed by atoms with Gasteiger partial charge in [0.15, 0.2) is 0 Å². The lowest BCUT2D eigenvalue weighted by atomic mass is 10.4. The molecule has 0 bridgehead atoms. The van der Waals surface area contributed by atoms with Crippen LogP contribution in [0.2, 0.25) is 0 Å². The predicted octanol–water partition coefficient (Wildman–Crippen LogP) is -0.366. The van der Waals surface area contributed by atoms with E-state index in [9.17, 15) is 4.79 Å². The van der Waals surface area contributed by atoms with Gasteiger partial charge >= 0.3 is 5.97 Å². The summed E-state index contributed by atoms with van der Waals surface area (Å²) in [6.07, 6.45) is 1.11. The van der Waals surface area contributed by atoms with Gasteiger partial charge in [0.1, 0.15) is 0 Å². The quantitative estimate of drug-likeness (QED) is 0.342. The van der Waals surface area contributed by atoms with E-state index in [2.05, 4.69) is 10.6 Å². The molecule has 0 unspecified atom stereocenters. The molecule has 0 rings (SSSR count). The standard InChI is InChI=1S/C8H18N2O3/c1-9-4-2-6-13-7-10-5-3-8(11)12/h9-10H,2-7H2,1H3,(H,11,12). The van der Waals surface area contributed by atoms with Crippen LogP contribution in [0.25, 0.3) is 0 Å². The monoisotopic (exact) mass is 190 g/mol. The van der Waals surface area contributed by atoms with E-state index in [0.29, 0.717) is 19.9 Å². The molecule has 0 heterocycles. The molecule has 5 heteroatoms. The van der Waals surface area contributed by atoms with Crippen molar-refractivity contribution in [2.45, 2.75) is 12.8 Å². The third-order valence-electron chi connectivity index (χ3n) is 1.44. The molecule has 3 N–H and O–H groups in total. The van der Waals surface area contributed by atoms with E-state index in [-0.39, 0.29) is 6.42 Å². The Balaban J connectivity index is 2.87. The molecule has 0 aromatic carbocycles. The first kappa shape index (κ1) is 12.3. The first-order chi connectivity index (χ1) is 6.27. The lowest BCUT2D eigenvalue weighted by molar-refractivity contribution is -0.136. The molecule has 0 amide bonds. The van der Waals surface area contributed by atoms with Crippen LogP contribution in [0.3, 0.4) is 0 Å². The third kappa shape index (κ3) is 11.3. The van der Waals surface area contributed by atoms with Crippen molar-refractivity contribution in [3.8, 4) is 0 Å². The molecular formula is C8H18N2O3. The zero-order valence-corrected chi connectivity index (χ0v) is 8.01. The summed E-state index contributed by atoms with van der Waals surface area (Å²) in [5.74, 6) is -0.789. The molecule has 0 fully saturated rings. The first-order valence-electron chi connectivity index (χ1n) is 4.42. The maximum absolute atomic E-state index is 10.1. The SMILES string of the molecule is CNCCCOCNCCC(=O)O. The fourth-order valence-corrected chi connectivity index (χ4v) is 0.763. The Morgan fingerprint density at radius 1 is 1.46 bits per heavy atom. The summed E-state index contributed by atoms with van der Waals surface area (Å²) in [6.45, 7) is 2.52. The number of carbonyl (C=O) groups is 1. The summed E-state index contributed by atoms with van der Waals surface area (Å²) in [4.78, 5) is 10.1. The molecular weight excluding hydrogens is 172 g/mol. The van der Waals surface area contributed by atoms with E-state index < -0.39 is 5.97 Å². The highest BCUT2D eigenvalue weighted by Gasteiger charge is 1.94. The number of hydrogen-bond acceptors (Lipinski definition) is 4. The van der Waals surface area contributed by atoms with Crippen LogP contribution in [-0.2, 0) is 9.53 Å². The molecule has 0 radical (unpaired) electrons. The topological polar surface area (TPSA) is 70.6 Å². The van der Waals surface area contributed by atoms with Crippen LogP contribution in [0.4, 0.5) is 0 Å². The summed E-state index contributed by atoms with van der Waals surface area (Å²) >= 11 is 0. The van der Waals surface area contributed by atoms with Gasteiger partial charge in [-0.1, -0.05) is 0 Å². The Kier molecular flexibility index (Phi) is 8.97. The number of carboxylic acids is 1. The summed E-state index contributed by atoms with van der Waals surface area (Å²) in [5, 5.41) is 14.2. The molecule has 13 heavy (non-hydrogen) atoms. The molecule has 0 spiro atoms. The van der Waals surface area contributed by atoms with Crippen LogP contribution in [0.1, 0.15) is 12.8 Å². The number of aliphatic carboxylic acids is 1. The molecule has 0 saturated heterocycles. The van der Waals surface area contributed by atoms with Crippen molar-refractivity contribution in [2.75, 3.05) is 33.5 Å². The van der Waals surface area contributed by atoms with Crippen molar-refractivity contribution in [1.29, 1.82) is 0 Å². The molecule has 0 saturated carbocycles. The van der Waals surface area contributed by atoms with Gasteiger partial charge in [0.05, 0.1) is 13.2 Å². The number of rotatable bonds is 9. The lowest BCUT2D eigenvalue weighted by Crippen LogP contribution is -2.22. The number of hydrogen-bond donors (Lipinski definition) is 3. The highest BCUT2D eigenvalue weighted by Crippen LogP contribution is 1.79. The first-order valence-corrected chi connectivity index (χ1v) is 4.42. The Hall–Kier alpha value is -0.650. The molecule has 5 nitrogen and oxygen atoms in total. The largest absolute Gasteiger partial charge is 0.481 e. The Morgan fingerprint density at radius 3 is 2.85 bits per heavy atom. The minimum atomic E-state index is -0.789. The van der Waals surface area contributed by atoms with E-state index >= 15 is 0 Å².